The number of nitrogens with zero attached hydrogens (tertiary/aromatic N) is 1. The molecule has 106 valence electrons. The summed E-state index contributed by atoms with van der Waals surface area (Å²) in [6.45, 7) is 0. The highest BCUT2D eigenvalue weighted by Crippen LogP contribution is 2.46. The van der Waals surface area contributed by atoms with E-state index in [2.05, 4.69) is 15.9 Å². The number of alkyl halides is 7. The second kappa shape index (κ2) is 4.99. The number of hydrogen-bond acceptors (Lipinski definition) is 2. The Balaban J connectivity index is 3.81. The predicted octanol–water partition coefficient (Wildman–Crippen LogP) is 4.53. The molecule has 0 radical (unpaired) electrons. The van der Waals surface area contributed by atoms with Crippen LogP contribution in [0.4, 0.5) is 32.0 Å². The summed E-state index contributed by atoms with van der Waals surface area (Å²) in [5, 5.41) is 10.3. The second-order valence-corrected chi connectivity index (χ2v) is 3.94. The Kier molecular flexibility index (Phi) is 4.13. The van der Waals surface area contributed by atoms with E-state index in [9.17, 15) is 36.5 Å². The standard InChI is InChI=1S/C9H4BrF6NO2/c10-3-4-1-2-5(8(11,12)13)6(9(14,15)16)7(4)17(18)19/h1-2H,3H2. The van der Waals surface area contributed by atoms with E-state index in [1.165, 1.54) is 0 Å². The van der Waals surface area contributed by atoms with Crippen LogP contribution in [0.5, 0.6) is 0 Å². The lowest BCUT2D eigenvalue weighted by Crippen LogP contribution is -2.19. The molecule has 0 aromatic heterocycles. The SMILES string of the molecule is O=[N+]([O-])c1c(CBr)ccc(C(F)(F)F)c1C(F)(F)F. The fraction of sp³-hybridized carbons (Fsp3) is 0.333. The van der Waals surface area contributed by atoms with Gasteiger partial charge in [0.15, 0.2) is 0 Å². The monoisotopic (exact) mass is 351 g/mol. The first-order valence-electron chi connectivity index (χ1n) is 4.50. The third kappa shape index (κ3) is 3.17. The number of nitro benzene ring substituents is 1. The largest absolute Gasteiger partial charge is 0.423 e. The first kappa shape index (κ1) is 15.7. The molecule has 0 saturated carbocycles. The number of hydrogen-bond donors (Lipinski definition) is 0. The van der Waals surface area contributed by atoms with Crippen molar-refractivity contribution in [3.8, 4) is 0 Å². The van der Waals surface area contributed by atoms with Crippen LogP contribution in [0.3, 0.4) is 0 Å². The summed E-state index contributed by atoms with van der Waals surface area (Å²) < 4.78 is 75.7. The van der Waals surface area contributed by atoms with Crippen LogP contribution in [0, 0.1) is 10.1 Å². The first-order chi connectivity index (χ1) is 8.50. The maximum atomic E-state index is 12.7. The zero-order chi connectivity index (χ0) is 15.0. The average Bonchev–Trinajstić information content (AvgIpc) is 2.24. The van der Waals surface area contributed by atoms with Gasteiger partial charge in [0.05, 0.1) is 10.5 Å². The van der Waals surface area contributed by atoms with Gasteiger partial charge in [-0.1, -0.05) is 22.0 Å². The Bertz CT molecular complexity index is 511. The van der Waals surface area contributed by atoms with E-state index < -0.39 is 39.7 Å². The number of halogens is 7. The van der Waals surface area contributed by atoms with Gasteiger partial charge in [0.1, 0.15) is 5.56 Å². The number of benzene rings is 1. The molecule has 3 nitrogen and oxygen atoms in total. The van der Waals surface area contributed by atoms with Crippen LogP contribution in [-0.2, 0) is 17.7 Å². The zero-order valence-corrected chi connectivity index (χ0v) is 10.4. The molecular weight excluding hydrogens is 348 g/mol. The van der Waals surface area contributed by atoms with Crippen LogP contribution in [-0.4, -0.2) is 4.92 Å². The Labute approximate surface area is 110 Å². The van der Waals surface area contributed by atoms with Crippen molar-refractivity contribution in [2.75, 3.05) is 0 Å². The van der Waals surface area contributed by atoms with Gasteiger partial charge in [0.25, 0.3) is 5.69 Å². The van der Waals surface area contributed by atoms with Crippen molar-refractivity contribution in [3.05, 3.63) is 38.9 Å². The summed E-state index contributed by atoms with van der Waals surface area (Å²) in [6, 6.07) is 0.831. The van der Waals surface area contributed by atoms with Crippen LogP contribution in [0.15, 0.2) is 12.1 Å². The van der Waals surface area contributed by atoms with E-state index in [-0.39, 0.29) is 11.4 Å². The summed E-state index contributed by atoms with van der Waals surface area (Å²) in [6.07, 6.45) is -10.8. The molecule has 1 aromatic carbocycles. The fourth-order valence-electron chi connectivity index (χ4n) is 1.47. The highest BCUT2D eigenvalue weighted by Gasteiger charge is 2.49. The van der Waals surface area contributed by atoms with Gasteiger partial charge in [-0.2, -0.15) is 26.3 Å². The predicted molar refractivity (Wildman–Crippen MR) is 55.7 cm³/mol. The third-order valence-corrected chi connectivity index (χ3v) is 2.78. The molecule has 0 aliphatic carbocycles. The normalized spacial score (nSPS) is 12.6. The summed E-state index contributed by atoms with van der Waals surface area (Å²) in [7, 11) is 0. The maximum absolute atomic E-state index is 12.7. The van der Waals surface area contributed by atoms with Gasteiger partial charge in [-0.3, -0.25) is 10.1 Å². The van der Waals surface area contributed by atoms with Gasteiger partial charge in [-0.15, -0.1) is 0 Å². The molecule has 1 rings (SSSR count). The molecule has 0 heterocycles. The van der Waals surface area contributed by atoms with Crippen LogP contribution < -0.4 is 0 Å². The minimum absolute atomic E-state index is 0.187. The molecule has 0 N–H and O–H groups in total. The van der Waals surface area contributed by atoms with E-state index in [0.29, 0.717) is 6.07 Å². The van der Waals surface area contributed by atoms with Crippen LogP contribution >= 0.6 is 15.9 Å². The van der Waals surface area contributed by atoms with Gasteiger partial charge in [-0.25, -0.2) is 0 Å². The van der Waals surface area contributed by atoms with E-state index in [1.54, 1.807) is 0 Å². The topological polar surface area (TPSA) is 43.1 Å². The second-order valence-electron chi connectivity index (χ2n) is 3.38. The van der Waals surface area contributed by atoms with Gasteiger partial charge < -0.3 is 0 Å². The Morgan fingerprint density at radius 2 is 1.63 bits per heavy atom. The lowest BCUT2D eigenvalue weighted by atomic mass is 10.0. The molecule has 0 aliphatic heterocycles. The van der Waals surface area contributed by atoms with E-state index in [4.69, 9.17) is 0 Å². The Hall–Kier alpha value is -1.32. The average molecular weight is 352 g/mol. The van der Waals surface area contributed by atoms with Crippen molar-refractivity contribution in [1.29, 1.82) is 0 Å². The molecule has 0 bridgehead atoms. The molecule has 0 aliphatic rings. The van der Waals surface area contributed by atoms with E-state index in [0.717, 1.165) is 0 Å². The summed E-state index contributed by atoms with van der Waals surface area (Å²) in [5.41, 5.74) is -6.41. The van der Waals surface area contributed by atoms with Crippen molar-refractivity contribution in [2.45, 2.75) is 17.7 Å². The molecular formula is C9H4BrF6NO2. The molecule has 0 atom stereocenters. The molecule has 0 fully saturated rings. The molecule has 1 aromatic rings. The number of rotatable bonds is 2. The van der Waals surface area contributed by atoms with Gasteiger partial charge in [0.2, 0.25) is 0 Å². The van der Waals surface area contributed by atoms with Crippen molar-refractivity contribution in [3.63, 3.8) is 0 Å². The summed E-state index contributed by atoms with van der Waals surface area (Å²) in [5.74, 6) is 0. The Morgan fingerprint density at radius 1 is 1.11 bits per heavy atom. The highest BCUT2D eigenvalue weighted by molar-refractivity contribution is 9.08. The quantitative estimate of drug-likeness (QED) is 0.340. The van der Waals surface area contributed by atoms with Gasteiger partial charge in [-0.05, 0) is 6.07 Å². The smallest absolute Gasteiger partial charge is 0.258 e. The molecule has 0 spiro atoms. The molecule has 0 amide bonds. The lowest BCUT2D eigenvalue weighted by molar-refractivity contribution is -0.389. The maximum Gasteiger partial charge on any atom is 0.423 e. The summed E-state index contributed by atoms with van der Waals surface area (Å²) >= 11 is 2.70. The fourth-order valence-corrected chi connectivity index (χ4v) is 1.93. The zero-order valence-electron chi connectivity index (χ0n) is 8.77. The molecule has 10 heteroatoms. The van der Waals surface area contributed by atoms with Crippen molar-refractivity contribution < 1.29 is 31.3 Å². The highest BCUT2D eigenvalue weighted by atomic mass is 79.9. The summed E-state index contributed by atoms with van der Waals surface area (Å²) in [4.78, 5) is 9.18. The van der Waals surface area contributed by atoms with E-state index in [1.807, 2.05) is 0 Å². The van der Waals surface area contributed by atoms with Crippen molar-refractivity contribution in [2.24, 2.45) is 0 Å². The first-order valence-corrected chi connectivity index (χ1v) is 5.63. The molecule has 19 heavy (non-hydrogen) atoms. The van der Waals surface area contributed by atoms with Crippen molar-refractivity contribution >= 4 is 21.6 Å². The van der Waals surface area contributed by atoms with Crippen LogP contribution in [0.1, 0.15) is 16.7 Å². The van der Waals surface area contributed by atoms with Gasteiger partial charge >= 0.3 is 12.4 Å². The number of nitro groups is 1. The lowest BCUT2D eigenvalue weighted by Gasteiger charge is -2.16. The third-order valence-electron chi connectivity index (χ3n) is 2.18. The molecule has 0 unspecified atom stereocenters. The Morgan fingerprint density at radius 3 is 1.95 bits per heavy atom. The molecule has 0 saturated heterocycles. The van der Waals surface area contributed by atoms with E-state index >= 15 is 0 Å². The minimum Gasteiger partial charge on any atom is -0.258 e. The van der Waals surface area contributed by atoms with Crippen LogP contribution in [0.25, 0.3) is 0 Å². The minimum atomic E-state index is -5.48. The van der Waals surface area contributed by atoms with Crippen LogP contribution in [0.2, 0.25) is 0 Å². The van der Waals surface area contributed by atoms with Crippen molar-refractivity contribution in [1.82, 2.24) is 0 Å². The van der Waals surface area contributed by atoms with Gasteiger partial charge in [0, 0.05) is 10.9 Å².